The van der Waals surface area contributed by atoms with Crippen molar-refractivity contribution in [2.24, 2.45) is 0 Å². The second kappa shape index (κ2) is 4.54. The lowest BCUT2D eigenvalue weighted by Crippen LogP contribution is -2.32. The summed E-state index contributed by atoms with van der Waals surface area (Å²) in [5.74, 6) is 0.519. The molecule has 0 radical (unpaired) electrons. The monoisotopic (exact) mass is 332 g/mol. The number of phenols is 2. The van der Waals surface area contributed by atoms with Crippen molar-refractivity contribution in [2.45, 2.75) is 5.60 Å². The first-order valence-corrected chi connectivity index (χ1v) is 7.77. The average molecular weight is 332 g/mol. The largest absolute Gasteiger partial charge is 0.508 e. The number of para-hydroxylation sites is 1. The highest BCUT2D eigenvalue weighted by Gasteiger charge is 2.53. The fourth-order valence-corrected chi connectivity index (χ4v) is 3.65. The molecule has 1 unspecified atom stereocenters. The number of carbonyl (C=O) groups is 1. The second-order valence-electron chi connectivity index (χ2n) is 6.08. The van der Waals surface area contributed by atoms with Gasteiger partial charge in [0, 0.05) is 22.8 Å². The van der Waals surface area contributed by atoms with Crippen LogP contribution in [0.3, 0.4) is 0 Å². The summed E-state index contributed by atoms with van der Waals surface area (Å²) in [6.07, 6.45) is 0. The van der Waals surface area contributed by atoms with Gasteiger partial charge in [0.25, 0.3) is 0 Å². The first-order chi connectivity index (χ1) is 12.1. The maximum Gasteiger partial charge on any atom is 0.340 e. The quantitative estimate of drug-likeness (QED) is 0.614. The van der Waals surface area contributed by atoms with E-state index < -0.39 is 11.6 Å². The molecule has 0 fully saturated rings. The summed E-state index contributed by atoms with van der Waals surface area (Å²) in [7, 11) is 0. The average Bonchev–Trinajstić information content (AvgIpc) is 2.88. The van der Waals surface area contributed by atoms with Crippen LogP contribution in [0.4, 0.5) is 0 Å². The Bertz CT molecular complexity index is 1060. The Morgan fingerprint density at radius 1 is 0.760 bits per heavy atom. The number of hydrogen-bond acceptors (Lipinski definition) is 5. The van der Waals surface area contributed by atoms with Crippen LogP contribution in [0.1, 0.15) is 27.0 Å². The van der Waals surface area contributed by atoms with Crippen LogP contribution < -0.4 is 4.74 Å². The van der Waals surface area contributed by atoms with E-state index in [-0.39, 0.29) is 11.5 Å². The van der Waals surface area contributed by atoms with Gasteiger partial charge in [0.2, 0.25) is 0 Å². The SMILES string of the molecule is O=C1OC2(c3ccccc3Oc3cc(O)ccc32)c2ccc(O)cc21. The number of carbonyl (C=O) groups excluding carboxylic acids is 1. The Balaban J connectivity index is 1.91. The number of aromatic hydroxyl groups is 2. The van der Waals surface area contributed by atoms with Gasteiger partial charge in [0.05, 0.1) is 5.56 Å². The third-order valence-corrected chi connectivity index (χ3v) is 4.68. The molecule has 122 valence electrons. The van der Waals surface area contributed by atoms with Crippen LogP contribution in [-0.2, 0) is 10.3 Å². The molecule has 1 atom stereocenters. The summed E-state index contributed by atoms with van der Waals surface area (Å²) in [4.78, 5) is 12.6. The lowest BCUT2D eigenvalue weighted by molar-refractivity contribution is 0.0224. The molecule has 25 heavy (non-hydrogen) atoms. The maximum atomic E-state index is 12.6. The number of phenolic OH excluding ortho intramolecular Hbond substituents is 2. The van der Waals surface area contributed by atoms with Crippen molar-refractivity contribution in [3.63, 3.8) is 0 Å². The summed E-state index contributed by atoms with van der Waals surface area (Å²) in [5.41, 5.74) is 1.11. The first kappa shape index (κ1) is 13.9. The van der Waals surface area contributed by atoms with Crippen molar-refractivity contribution in [2.75, 3.05) is 0 Å². The van der Waals surface area contributed by atoms with Crippen LogP contribution in [-0.4, -0.2) is 16.2 Å². The molecule has 2 aliphatic heterocycles. The standard InChI is InChI=1S/C20H12O5/c21-11-5-7-14-13(9-11)19(23)25-20(14)15-3-1-2-4-17(15)24-18-10-12(22)6-8-16(18)20/h1-10,21-22H. The summed E-state index contributed by atoms with van der Waals surface area (Å²) >= 11 is 0. The molecule has 2 aliphatic rings. The van der Waals surface area contributed by atoms with Gasteiger partial charge in [-0.2, -0.15) is 0 Å². The molecule has 1 spiro atoms. The summed E-state index contributed by atoms with van der Waals surface area (Å²) < 4.78 is 11.8. The van der Waals surface area contributed by atoms with Crippen LogP contribution in [0.2, 0.25) is 0 Å². The minimum absolute atomic E-state index is 0.000904. The molecule has 0 bridgehead atoms. The number of rotatable bonds is 0. The van der Waals surface area contributed by atoms with Gasteiger partial charge in [0.1, 0.15) is 23.0 Å². The van der Waals surface area contributed by atoms with Gasteiger partial charge >= 0.3 is 5.97 Å². The number of esters is 1. The Morgan fingerprint density at radius 3 is 2.28 bits per heavy atom. The Kier molecular flexibility index (Phi) is 2.53. The zero-order valence-corrected chi connectivity index (χ0v) is 12.9. The summed E-state index contributed by atoms with van der Waals surface area (Å²) in [6.45, 7) is 0. The second-order valence-corrected chi connectivity index (χ2v) is 6.08. The smallest absolute Gasteiger partial charge is 0.340 e. The highest BCUT2D eigenvalue weighted by molar-refractivity contribution is 5.97. The molecule has 5 rings (SSSR count). The predicted molar refractivity (Wildman–Crippen MR) is 88.0 cm³/mol. The van der Waals surface area contributed by atoms with Crippen LogP contribution in [0, 0.1) is 0 Å². The van der Waals surface area contributed by atoms with Crippen molar-refractivity contribution in [1.82, 2.24) is 0 Å². The van der Waals surface area contributed by atoms with E-state index in [1.54, 1.807) is 18.2 Å². The van der Waals surface area contributed by atoms with E-state index in [2.05, 4.69) is 0 Å². The zero-order valence-electron chi connectivity index (χ0n) is 12.9. The molecule has 0 aliphatic carbocycles. The molecular weight excluding hydrogens is 320 g/mol. The van der Waals surface area contributed by atoms with Gasteiger partial charge in [0.15, 0.2) is 5.60 Å². The highest BCUT2D eigenvalue weighted by Crippen LogP contribution is 2.56. The first-order valence-electron chi connectivity index (χ1n) is 7.77. The Hall–Kier alpha value is -3.47. The Labute approximate surface area is 142 Å². The minimum Gasteiger partial charge on any atom is -0.508 e. The van der Waals surface area contributed by atoms with Crippen LogP contribution in [0.15, 0.2) is 60.7 Å². The third-order valence-electron chi connectivity index (χ3n) is 4.68. The van der Waals surface area contributed by atoms with E-state index in [4.69, 9.17) is 9.47 Å². The van der Waals surface area contributed by atoms with Gasteiger partial charge < -0.3 is 19.7 Å². The van der Waals surface area contributed by atoms with Crippen LogP contribution in [0.5, 0.6) is 23.0 Å². The van der Waals surface area contributed by atoms with Crippen molar-refractivity contribution in [3.05, 3.63) is 82.9 Å². The molecule has 0 amide bonds. The number of benzene rings is 3. The molecular formula is C20H12O5. The number of ether oxygens (including phenoxy) is 2. The van der Waals surface area contributed by atoms with E-state index in [0.717, 1.165) is 0 Å². The molecule has 2 N–H and O–H groups in total. The van der Waals surface area contributed by atoms with Gasteiger partial charge in [-0.1, -0.05) is 18.2 Å². The minimum atomic E-state index is -1.17. The van der Waals surface area contributed by atoms with E-state index in [0.29, 0.717) is 33.8 Å². The zero-order chi connectivity index (χ0) is 17.2. The highest BCUT2D eigenvalue weighted by atomic mass is 16.6. The van der Waals surface area contributed by atoms with Crippen LogP contribution in [0.25, 0.3) is 0 Å². The molecule has 3 aromatic rings. The molecule has 0 saturated carbocycles. The van der Waals surface area contributed by atoms with Crippen molar-refractivity contribution >= 4 is 5.97 Å². The van der Waals surface area contributed by atoms with Gasteiger partial charge in [-0.25, -0.2) is 4.79 Å². The Morgan fingerprint density at radius 2 is 1.44 bits per heavy atom. The van der Waals surface area contributed by atoms with Gasteiger partial charge in [-0.15, -0.1) is 0 Å². The van der Waals surface area contributed by atoms with Crippen molar-refractivity contribution < 1.29 is 24.5 Å². The fraction of sp³-hybridized carbons (Fsp3) is 0.0500. The van der Waals surface area contributed by atoms with Crippen LogP contribution >= 0.6 is 0 Å². The van der Waals surface area contributed by atoms with E-state index in [1.807, 2.05) is 18.2 Å². The number of fused-ring (bicyclic) bond motifs is 6. The molecule has 5 nitrogen and oxygen atoms in total. The topological polar surface area (TPSA) is 76.0 Å². The lowest BCUT2D eigenvalue weighted by Gasteiger charge is -2.36. The lowest BCUT2D eigenvalue weighted by atomic mass is 9.77. The van der Waals surface area contributed by atoms with E-state index in [9.17, 15) is 15.0 Å². The summed E-state index contributed by atoms with van der Waals surface area (Å²) in [6, 6.07) is 16.7. The van der Waals surface area contributed by atoms with Crippen molar-refractivity contribution in [3.8, 4) is 23.0 Å². The van der Waals surface area contributed by atoms with Gasteiger partial charge in [-0.05, 0) is 36.4 Å². The fourth-order valence-electron chi connectivity index (χ4n) is 3.65. The normalized spacial score (nSPS) is 19.6. The molecule has 0 saturated heterocycles. The molecule has 2 heterocycles. The summed E-state index contributed by atoms with van der Waals surface area (Å²) in [5, 5.41) is 19.6. The maximum absolute atomic E-state index is 12.6. The van der Waals surface area contributed by atoms with E-state index >= 15 is 0 Å². The third kappa shape index (κ3) is 1.69. The van der Waals surface area contributed by atoms with Crippen molar-refractivity contribution in [1.29, 1.82) is 0 Å². The van der Waals surface area contributed by atoms with Gasteiger partial charge in [-0.3, -0.25) is 0 Å². The predicted octanol–water partition coefficient (Wildman–Crippen LogP) is 3.67. The molecule has 3 aromatic carbocycles. The molecule has 5 heteroatoms. The number of hydrogen-bond donors (Lipinski definition) is 2. The molecule has 0 aromatic heterocycles. The van der Waals surface area contributed by atoms with E-state index in [1.165, 1.54) is 24.3 Å².